The second-order valence-electron chi connectivity index (χ2n) is 6.01. The van der Waals surface area contributed by atoms with Gasteiger partial charge in [-0.15, -0.1) is 0 Å². The summed E-state index contributed by atoms with van der Waals surface area (Å²) in [7, 11) is 0. The highest BCUT2D eigenvalue weighted by molar-refractivity contribution is 5.95. The predicted octanol–water partition coefficient (Wildman–Crippen LogP) is 1.69. The maximum Gasteiger partial charge on any atom is 0.407 e. The number of amides is 2. The third-order valence-corrected chi connectivity index (χ3v) is 4.26. The number of hydrogen-bond acceptors (Lipinski definition) is 3. The van der Waals surface area contributed by atoms with Gasteiger partial charge in [-0.2, -0.15) is 0 Å². The normalized spacial score (nSPS) is 18.2. The molecule has 3 rings (SSSR count). The van der Waals surface area contributed by atoms with E-state index >= 15 is 0 Å². The summed E-state index contributed by atoms with van der Waals surface area (Å²) < 4.78 is 0. The van der Waals surface area contributed by atoms with E-state index in [2.05, 4.69) is 10.2 Å². The third-order valence-electron chi connectivity index (χ3n) is 4.26. The van der Waals surface area contributed by atoms with E-state index in [1.807, 2.05) is 25.1 Å². The molecule has 2 aliphatic rings. The van der Waals surface area contributed by atoms with Crippen LogP contribution in [0.2, 0.25) is 0 Å². The highest BCUT2D eigenvalue weighted by atomic mass is 16.4. The zero-order valence-corrected chi connectivity index (χ0v) is 12.7. The van der Waals surface area contributed by atoms with Gasteiger partial charge in [0.2, 0.25) is 0 Å². The van der Waals surface area contributed by atoms with Crippen molar-refractivity contribution < 1.29 is 14.7 Å². The number of carbonyl (C=O) groups excluding carboxylic acids is 1. The first-order chi connectivity index (χ1) is 10.5. The smallest absolute Gasteiger partial charge is 0.407 e. The third kappa shape index (κ3) is 3.16. The molecule has 2 fully saturated rings. The zero-order valence-electron chi connectivity index (χ0n) is 12.7. The standard InChI is InChI=1S/C16H21N3O3/c1-11-10-12(15(20)17-13-3-4-13)2-5-14(11)18-6-8-19(9-7-18)16(21)22/h2,5,10,13H,3-4,6-9H2,1H3,(H,17,20)(H,21,22). The highest BCUT2D eigenvalue weighted by Gasteiger charge is 2.25. The van der Waals surface area contributed by atoms with Crippen LogP contribution in [0.15, 0.2) is 18.2 Å². The molecule has 6 nitrogen and oxygen atoms in total. The SMILES string of the molecule is Cc1cc(C(=O)NC2CC2)ccc1N1CCN(C(=O)O)CC1. The van der Waals surface area contributed by atoms with Gasteiger partial charge in [0.1, 0.15) is 0 Å². The van der Waals surface area contributed by atoms with Crippen LogP contribution in [0.5, 0.6) is 0 Å². The lowest BCUT2D eigenvalue weighted by molar-refractivity contribution is 0.0951. The van der Waals surface area contributed by atoms with E-state index in [-0.39, 0.29) is 5.91 Å². The molecule has 1 heterocycles. The average Bonchev–Trinajstić information content (AvgIpc) is 3.31. The monoisotopic (exact) mass is 303 g/mol. The number of rotatable bonds is 3. The molecular formula is C16H21N3O3. The quantitative estimate of drug-likeness (QED) is 0.891. The van der Waals surface area contributed by atoms with Gasteiger partial charge in [-0.05, 0) is 43.5 Å². The van der Waals surface area contributed by atoms with Crippen LogP contribution in [-0.4, -0.2) is 54.2 Å². The fourth-order valence-electron chi connectivity index (χ4n) is 2.79. The lowest BCUT2D eigenvalue weighted by Crippen LogP contribution is -2.48. The Morgan fingerprint density at radius 1 is 1.18 bits per heavy atom. The molecule has 6 heteroatoms. The fraction of sp³-hybridized carbons (Fsp3) is 0.500. The lowest BCUT2D eigenvalue weighted by atomic mass is 10.1. The second-order valence-corrected chi connectivity index (χ2v) is 6.01. The Hall–Kier alpha value is -2.24. The van der Waals surface area contributed by atoms with Crippen LogP contribution < -0.4 is 10.2 Å². The number of carboxylic acid groups (broad SMARTS) is 1. The summed E-state index contributed by atoms with van der Waals surface area (Å²) >= 11 is 0. The zero-order chi connectivity index (χ0) is 15.7. The molecule has 1 aromatic rings. The molecule has 1 aliphatic heterocycles. The van der Waals surface area contributed by atoms with E-state index in [9.17, 15) is 9.59 Å². The van der Waals surface area contributed by atoms with Gasteiger partial charge in [-0.25, -0.2) is 4.79 Å². The highest BCUT2D eigenvalue weighted by Crippen LogP contribution is 2.24. The molecule has 1 aliphatic carbocycles. The Bertz CT molecular complexity index is 590. The summed E-state index contributed by atoms with van der Waals surface area (Å²) in [5.74, 6) is -0.00662. The van der Waals surface area contributed by atoms with Gasteiger partial charge in [0, 0.05) is 43.5 Å². The van der Waals surface area contributed by atoms with E-state index in [0.717, 1.165) is 24.1 Å². The Morgan fingerprint density at radius 3 is 2.41 bits per heavy atom. The number of carbonyl (C=O) groups is 2. The molecule has 0 spiro atoms. The van der Waals surface area contributed by atoms with Gasteiger partial charge >= 0.3 is 6.09 Å². The minimum Gasteiger partial charge on any atom is -0.465 e. The molecule has 0 aromatic heterocycles. The largest absolute Gasteiger partial charge is 0.465 e. The molecule has 2 N–H and O–H groups in total. The van der Waals surface area contributed by atoms with Crippen molar-refractivity contribution in [3.05, 3.63) is 29.3 Å². The first-order valence-electron chi connectivity index (χ1n) is 7.69. The Morgan fingerprint density at radius 2 is 1.86 bits per heavy atom. The molecule has 1 aromatic carbocycles. The molecule has 0 radical (unpaired) electrons. The second kappa shape index (κ2) is 5.87. The van der Waals surface area contributed by atoms with Gasteiger partial charge in [0.15, 0.2) is 0 Å². The van der Waals surface area contributed by atoms with Crippen LogP contribution in [0, 0.1) is 6.92 Å². The number of nitrogens with one attached hydrogen (secondary N) is 1. The number of nitrogens with zero attached hydrogens (tertiary/aromatic N) is 2. The Labute approximate surface area is 129 Å². The summed E-state index contributed by atoms with van der Waals surface area (Å²) in [5, 5.41) is 12.0. The Kier molecular flexibility index (Phi) is 3.92. The van der Waals surface area contributed by atoms with Crippen molar-refractivity contribution in [1.82, 2.24) is 10.2 Å². The molecular weight excluding hydrogens is 282 g/mol. The summed E-state index contributed by atoms with van der Waals surface area (Å²) in [6, 6.07) is 6.09. The molecule has 0 unspecified atom stereocenters. The van der Waals surface area contributed by atoms with Crippen molar-refractivity contribution in [2.24, 2.45) is 0 Å². The number of piperazine rings is 1. The fourth-order valence-corrected chi connectivity index (χ4v) is 2.79. The maximum atomic E-state index is 12.1. The number of hydrogen-bond donors (Lipinski definition) is 2. The molecule has 0 atom stereocenters. The minimum absolute atomic E-state index is 0.00662. The van der Waals surface area contributed by atoms with Crippen molar-refractivity contribution in [2.45, 2.75) is 25.8 Å². The molecule has 22 heavy (non-hydrogen) atoms. The van der Waals surface area contributed by atoms with Crippen molar-refractivity contribution in [3.8, 4) is 0 Å². The van der Waals surface area contributed by atoms with E-state index in [1.165, 1.54) is 4.90 Å². The number of benzene rings is 1. The topological polar surface area (TPSA) is 72.9 Å². The van der Waals surface area contributed by atoms with E-state index in [1.54, 1.807) is 0 Å². The molecule has 118 valence electrons. The first-order valence-corrected chi connectivity index (χ1v) is 7.69. The van der Waals surface area contributed by atoms with Crippen LogP contribution in [0.1, 0.15) is 28.8 Å². The van der Waals surface area contributed by atoms with Gasteiger partial charge in [0.25, 0.3) is 5.91 Å². The molecule has 1 saturated heterocycles. The molecule has 0 bridgehead atoms. The summed E-state index contributed by atoms with van der Waals surface area (Å²) in [6.07, 6.45) is 1.30. The van der Waals surface area contributed by atoms with Gasteiger partial charge in [0.05, 0.1) is 0 Å². The average molecular weight is 303 g/mol. The van der Waals surface area contributed by atoms with Gasteiger partial charge < -0.3 is 20.2 Å². The molecule has 1 saturated carbocycles. The Balaban J connectivity index is 1.67. The van der Waals surface area contributed by atoms with Gasteiger partial charge in [-0.1, -0.05) is 0 Å². The van der Waals surface area contributed by atoms with E-state index in [0.29, 0.717) is 37.8 Å². The number of anilines is 1. The predicted molar refractivity (Wildman–Crippen MR) is 83.5 cm³/mol. The minimum atomic E-state index is -0.858. The van der Waals surface area contributed by atoms with Crippen molar-refractivity contribution in [1.29, 1.82) is 0 Å². The van der Waals surface area contributed by atoms with E-state index in [4.69, 9.17) is 5.11 Å². The lowest BCUT2D eigenvalue weighted by Gasteiger charge is -2.35. The molecule has 2 amide bonds. The summed E-state index contributed by atoms with van der Waals surface area (Å²) in [5.41, 5.74) is 2.82. The van der Waals surface area contributed by atoms with Crippen LogP contribution >= 0.6 is 0 Å². The van der Waals surface area contributed by atoms with Crippen LogP contribution in [0.4, 0.5) is 10.5 Å². The van der Waals surface area contributed by atoms with Crippen LogP contribution in [0.3, 0.4) is 0 Å². The van der Waals surface area contributed by atoms with Crippen LogP contribution in [0.25, 0.3) is 0 Å². The van der Waals surface area contributed by atoms with Crippen molar-refractivity contribution in [3.63, 3.8) is 0 Å². The summed E-state index contributed by atoms with van der Waals surface area (Å²) in [6.45, 7) is 4.38. The van der Waals surface area contributed by atoms with Crippen molar-refractivity contribution >= 4 is 17.7 Å². The summed E-state index contributed by atoms with van der Waals surface area (Å²) in [4.78, 5) is 26.6. The van der Waals surface area contributed by atoms with Gasteiger partial charge in [-0.3, -0.25) is 4.79 Å². The van der Waals surface area contributed by atoms with Crippen molar-refractivity contribution in [2.75, 3.05) is 31.1 Å². The maximum absolute atomic E-state index is 12.1. The van der Waals surface area contributed by atoms with Crippen LogP contribution in [-0.2, 0) is 0 Å². The van der Waals surface area contributed by atoms with E-state index < -0.39 is 6.09 Å². The number of aryl methyl sites for hydroxylation is 1. The first kappa shape index (κ1) is 14.7.